The zero-order valence-corrected chi connectivity index (χ0v) is 6.64. The van der Waals surface area contributed by atoms with Gasteiger partial charge in [0, 0.05) is 0 Å². The molecule has 0 aliphatic heterocycles. The number of rotatable bonds is 2. The highest BCUT2D eigenvalue weighted by Gasteiger charge is 2.17. The van der Waals surface area contributed by atoms with E-state index in [2.05, 4.69) is 0 Å². The molecule has 0 unspecified atom stereocenters. The number of benzene rings is 1. The van der Waals surface area contributed by atoms with Crippen LogP contribution in [0.15, 0.2) is 24.3 Å². The highest BCUT2D eigenvalue weighted by Crippen LogP contribution is 2.06. The molecule has 12 heavy (non-hydrogen) atoms. The van der Waals surface area contributed by atoms with Gasteiger partial charge in [-0.2, -0.15) is 0 Å². The maximum Gasteiger partial charge on any atom is 0.402 e. The van der Waals surface area contributed by atoms with E-state index in [4.69, 9.17) is 19.8 Å². The monoisotopic (exact) mass is 169 g/mol. The maximum absolute atomic E-state index is 8.83. The van der Waals surface area contributed by atoms with Crippen molar-refractivity contribution in [3.05, 3.63) is 24.3 Å². The Morgan fingerprint density at radius 3 is 2.42 bits per heavy atom. The van der Waals surface area contributed by atoms with Crippen LogP contribution in [0.25, 0.3) is 0 Å². The zero-order chi connectivity index (χ0) is 9.19. The molecule has 4 nitrogen and oxygen atoms in total. The van der Waals surface area contributed by atoms with Crippen molar-refractivity contribution < 1.29 is 19.8 Å². The van der Waals surface area contributed by atoms with E-state index in [0.717, 1.165) is 0 Å². The molecule has 0 aliphatic rings. The molecule has 1 aromatic carbocycles. The van der Waals surface area contributed by atoms with Crippen molar-refractivity contribution in [3.8, 4) is 5.75 Å². The summed E-state index contributed by atoms with van der Waals surface area (Å²) in [6.07, 6.45) is 0. The fourth-order valence-electron chi connectivity index (χ4n) is 0.882. The third-order valence-electron chi connectivity index (χ3n) is 1.54. The molecule has 0 saturated carbocycles. The van der Waals surface area contributed by atoms with Crippen molar-refractivity contribution in [2.24, 2.45) is 0 Å². The van der Waals surface area contributed by atoms with E-state index >= 15 is 0 Å². The second-order valence-electron chi connectivity index (χ2n) is 2.51. The van der Waals surface area contributed by atoms with Crippen LogP contribution in [-0.4, -0.2) is 28.9 Å². The molecule has 0 radical (unpaired) electrons. The van der Waals surface area contributed by atoms with Crippen molar-refractivity contribution in [2.75, 3.05) is 7.11 Å². The lowest BCUT2D eigenvalue weighted by Crippen LogP contribution is -2.48. The maximum atomic E-state index is 8.83. The van der Waals surface area contributed by atoms with Crippen LogP contribution in [0.5, 0.6) is 5.75 Å². The lowest BCUT2D eigenvalue weighted by molar-refractivity contribution is 0.249. The lowest BCUT2D eigenvalue weighted by atomic mass is 9.71. The van der Waals surface area contributed by atoms with Gasteiger partial charge < -0.3 is 19.8 Å². The van der Waals surface area contributed by atoms with Crippen molar-refractivity contribution in [2.45, 2.75) is 0 Å². The summed E-state index contributed by atoms with van der Waals surface area (Å²) in [5, 5.41) is 26.5. The largest absolute Gasteiger partial charge is 0.556 e. The van der Waals surface area contributed by atoms with Crippen LogP contribution in [0.3, 0.4) is 0 Å². The second-order valence-corrected chi connectivity index (χ2v) is 2.51. The van der Waals surface area contributed by atoms with E-state index in [1.807, 2.05) is 0 Å². The summed E-state index contributed by atoms with van der Waals surface area (Å²) in [5.74, 6) is 0.468. The number of methoxy groups -OCH3 is 1. The molecule has 66 valence electrons. The Kier molecular flexibility index (Phi) is 2.37. The summed E-state index contributed by atoms with van der Waals surface area (Å²) in [7, 11) is 1.46. The van der Waals surface area contributed by atoms with Crippen molar-refractivity contribution in [3.63, 3.8) is 0 Å². The number of hydrogen-bond donors (Lipinski definition) is 3. The van der Waals surface area contributed by atoms with Gasteiger partial charge in [0.15, 0.2) is 0 Å². The van der Waals surface area contributed by atoms with Crippen molar-refractivity contribution in [1.82, 2.24) is 0 Å². The minimum absolute atomic E-state index is 0.0364. The number of ether oxygens (including phenoxy) is 1. The molecule has 0 bridgehead atoms. The first-order valence-electron chi connectivity index (χ1n) is 3.50. The molecule has 0 fully saturated rings. The molecular formula is C7H10BO4-. The Labute approximate surface area is 70.1 Å². The quantitative estimate of drug-likeness (QED) is 0.487. The first-order chi connectivity index (χ1) is 5.54. The highest BCUT2D eigenvalue weighted by molar-refractivity contribution is 6.71. The van der Waals surface area contributed by atoms with Crippen LogP contribution in [0, 0.1) is 0 Å². The van der Waals surface area contributed by atoms with Crippen molar-refractivity contribution in [1.29, 1.82) is 0 Å². The van der Waals surface area contributed by atoms with Gasteiger partial charge in [-0.15, -0.1) is 5.46 Å². The predicted molar refractivity (Wildman–Crippen MR) is 45.0 cm³/mol. The molecule has 0 aliphatic carbocycles. The first-order valence-corrected chi connectivity index (χ1v) is 3.50. The minimum Gasteiger partial charge on any atom is -0.556 e. The summed E-state index contributed by atoms with van der Waals surface area (Å²) in [5.41, 5.74) is 0.0364. The van der Waals surface area contributed by atoms with Gasteiger partial charge in [-0.25, -0.2) is 0 Å². The van der Waals surface area contributed by atoms with E-state index < -0.39 is 6.75 Å². The first kappa shape index (κ1) is 9.06. The average Bonchev–Trinajstić information content (AvgIpc) is 2.03. The molecule has 5 heteroatoms. The van der Waals surface area contributed by atoms with Crippen LogP contribution in [-0.2, 0) is 0 Å². The third-order valence-corrected chi connectivity index (χ3v) is 1.54. The van der Waals surface area contributed by atoms with Gasteiger partial charge in [0.2, 0.25) is 0 Å². The van der Waals surface area contributed by atoms with Gasteiger partial charge in [-0.3, -0.25) is 0 Å². The highest BCUT2D eigenvalue weighted by atomic mass is 16.5. The van der Waals surface area contributed by atoms with Crippen molar-refractivity contribution >= 4 is 12.2 Å². The molecule has 0 atom stereocenters. The van der Waals surface area contributed by atoms with E-state index in [9.17, 15) is 0 Å². The molecule has 0 aromatic heterocycles. The summed E-state index contributed by atoms with van der Waals surface area (Å²) < 4.78 is 4.83. The van der Waals surface area contributed by atoms with Gasteiger partial charge in [-0.05, 0) is 12.1 Å². The van der Waals surface area contributed by atoms with Gasteiger partial charge in [-0.1, -0.05) is 12.1 Å². The summed E-state index contributed by atoms with van der Waals surface area (Å²) >= 11 is 0. The fourth-order valence-corrected chi connectivity index (χ4v) is 0.882. The molecule has 3 N–H and O–H groups in total. The van der Waals surface area contributed by atoms with E-state index in [0.29, 0.717) is 5.75 Å². The molecule has 0 saturated heterocycles. The van der Waals surface area contributed by atoms with Crippen LogP contribution >= 0.6 is 0 Å². The Hall–Kier alpha value is -1.04. The molecule has 0 heterocycles. The Balaban J connectivity index is 3.02. The summed E-state index contributed by atoms with van der Waals surface area (Å²) in [6.45, 7) is -3.41. The van der Waals surface area contributed by atoms with Gasteiger partial charge in [0.05, 0.1) is 7.11 Å². The van der Waals surface area contributed by atoms with Crippen LogP contribution in [0.2, 0.25) is 0 Å². The number of hydrogen-bond acceptors (Lipinski definition) is 4. The van der Waals surface area contributed by atoms with E-state index in [1.54, 1.807) is 12.1 Å². The van der Waals surface area contributed by atoms with Gasteiger partial charge in [0.1, 0.15) is 5.75 Å². The second kappa shape index (κ2) is 3.14. The zero-order valence-electron chi connectivity index (χ0n) is 6.64. The Morgan fingerprint density at radius 2 is 1.92 bits per heavy atom. The third kappa shape index (κ3) is 1.98. The van der Waals surface area contributed by atoms with Crippen LogP contribution in [0.1, 0.15) is 0 Å². The smallest absolute Gasteiger partial charge is 0.402 e. The van der Waals surface area contributed by atoms with E-state index in [-0.39, 0.29) is 5.46 Å². The van der Waals surface area contributed by atoms with Crippen LogP contribution < -0.4 is 10.2 Å². The summed E-state index contributed by atoms with van der Waals surface area (Å²) in [6, 6.07) is 5.97. The molecule has 0 amide bonds. The SMILES string of the molecule is COc1cccc([B-](O)(O)O)c1. The predicted octanol–water partition coefficient (Wildman–Crippen LogP) is -1.18. The fraction of sp³-hybridized carbons (Fsp3) is 0.143. The Bertz CT molecular complexity index is 268. The van der Waals surface area contributed by atoms with Gasteiger partial charge in [0.25, 0.3) is 0 Å². The van der Waals surface area contributed by atoms with E-state index in [1.165, 1.54) is 19.2 Å². The average molecular weight is 169 g/mol. The summed E-state index contributed by atoms with van der Waals surface area (Å²) in [4.78, 5) is 0. The normalized spacial score (nSPS) is 11.3. The standard InChI is InChI=1S/C7H10BO4/c1-12-7-4-2-3-6(5-7)8(9,10)11/h2-5,9-11H,1H3/q-1. The molecule has 1 rings (SSSR count). The van der Waals surface area contributed by atoms with Crippen LogP contribution in [0.4, 0.5) is 0 Å². The molecule has 0 spiro atoms. The molecule has 1 aromatic rings. The molecular weight excluding hydrogens is 159 g/mol. The minimum atomic E-state index is -3.41. The Morgan fingerprint density at radius 1 is 1.25 bits per heavy atom. The lowest BCUT2D eigenvalue weighted by Gasteiger charge is -2.21. The van der Waals surface area contributed by atoms with Gasteiger partial charge >= 0.3 is 6.75 Å². The topological polar surface area (TPSA) is 69.9 Å².